The van der Waals surface area contributed by atoms with E-state index in [2.05, 4.69) is 20.5 Å². The molecule has 2 N–H and O–H groups in total. The molecule has 0 saturated heterocycles. The van der Waals surface area contributed by atoms with Crippen molar-refractivity contribution in [3.63, 3.8) is 0 Å². The first-order valence-corrected chi connectivity index (χ1v) is 10.8. The third-order valence-electron chi connectivity index (χ3n) is 3.88. The fourth-order valence-corrected chi connectivity index (χ4v) is 3.95. The first kappa shape index (κ1) is 20.1. The van der Waals surface area contributed by atoms with Crippen LogP contribution in [0, 0.1) is 6.92 Å². The highest BCUT2D eigenvalue weighted by Gasteiger charge is 2.15. The Labute approximate surface area is 167 Å². The Morgan fingerprint density at radius 2 is 1.79 bits per heavy atom. The molecule has 0 radical (unpaired) electrons. The van der Waals surface area contributed by atoms with Gasteiger partial charge >= 0.3 is 0 Å². The average molecular weight is 418 g/mol. The summed E-state index contributed by atoms with van der Waals surface area (Å²) in [5.74, 6) is 0.136. The van der Waals surface area contributed by atoms with Gasteiger partial charge in [0.15, 0.2) is 5.16 Å². The van der Waals surface area contributed by atoms with E-state index in [1.165, 1.54) is 23.9 Å². The summed E-state index contributed by atoms with van der Waals surface area (Å²) in [5, 5.41) is 8.62. The molecule has 146 valence electrons. The van der Waals surface area contributed by atoms with Crippen LogP contribution in [0.5, 0.6) is 0 Å². The third-order valence-corrected chi connectivity index (χ3v) is 6.25. The monoisotopic (exact) mass is 417 g/mol. The molecule has 1 aromatic heterocycles. The van der Waals surface area contributed by atoms with E-state index >= 15 is 0 Å². The van der Waals surface area contributed by atoms with E-state index in [-0.39, 0.29) is 4.90 Å². The number of carbonyl (C=O) groups is 1. The van der Waals surface area contributed by atoms with Crippen LogP contribution in [0.1, 0.15) is 21.5 Å². The lowest BCUT2D eigenvalue weighted by molar-refractivity contribution is 0.0945. The number of hydrogen-bond donors (Lipinski definition) is 2. The third kappa shape index (κ3) is 4.97. The molecule has 3 aromatic rings. The summed E-state index contributed by atoms with van der Waals surface area (Å²) in [5.41, 5.74) is 4.53. The van der Waals surface area contributed by atoms with Crippen LogP contribution in [0.3, 0.4) is 0 Å². The summed E-state index contributed by atoms with van der Waals surface area (Å²) < 4.78 is 26.3. The Bertz CT molecular complexity index is 1060. The zero-order valence-electron chi connectivity index (χ0n) is 15.3. The van der Waals surface area contributed by atoms with Crippen molar-refractivity contribution in [2.45, 2.75) is 22.7 Å². The second-order valence-corrected chi connectivity index (χ2v) is 8.71. The summed E-state index contributed by atoms with van der Waals surface area (Å²) in [6.07, 6.45) is 1.63. The summed E-state index contributed by atoms with van der Waals surface area (Å²) in [4.78, 5) is 14.4. The lowest BCUT2D eigenvalue weighted by Gasteiger charge is -2.09. The number of hydrogen-bond acceptors (Lipinski definition) is 6. The van der Waals surface area contributed by atoms with Crippen molar-refractivity contribution in [3.05, 3.63) is 71.5 Å². The van der Waals surface area contributed by atoms with E-state index in [0.717, 1.165) is 16.3 Å². The van der Waals surface area contributed by atoms with Crippen molar-refractivity contribution in [1.82, 2.24) is 25.0 Å². The Morgan fingerprint density at radius 1 is 1.11 bits per heavy atom. The summed E-state index contributed by atoms with van der Waals surface area (Å²) >= 11 is 1.53. The predicted octanol–water partition coefficient (Wildman–Crippen LogP) is 2.04. The van der Waals surface area contributed by atoms with E-state index in [1.807, 2.05) is 30.7 Å². The number of sulfonamides is 1. The minimum Gasteiger partial charge on any atom is -0.312 e. The fourth-order valence-electron chi connectivity index (χ4n) is 2.27. The van der Waals surface area contributed by atoms with Crippen LogP contribution in [-0.2, 0) is 22.8 Å². The van der Waals surface area contributed by atoms with Crippen molar-refractivity contribution in [3.8, 4) is 0 Å². The normalized spacial score (nSPS) is 11.4. The lowest BCUT2D eigenvalue weighted by atomic mass is 10.1. The molecule has 0 spiro atoms. The number of amides is 1. The molecule has 0 unspecified atom stereocenters. The second-order valence-electron chi connectivity index (χ2n) is 6.08. The number of carbonyl (C=O) groups excluding carboxylic acids is 1. The predicted molar refractivity (Wildman–Crippen MR) is 106 cm³/mol. The van der Waals surface area contributed by atoms with Crippen molar-refractivity contribution >= 4 is 27.7 Å². The number of rotatable bonds is 7. The maximum Gasteiger partial charge on any atom is 0.266 e. The average Bonchev–Trinajstić information content (AvgIpc) is 3.10. The van der Waals surface area contributed by atoms with Gasteiger partial charge in [-0.15, -0.1) is 15.0 Å². The number of aromatic nitrogens is 3. The van der Waals surface area contributed by atoms with E-state index < -0.39 is 15.9 Å². The first-order valence-electron chi connectivity index (χ1n) is 8.30. The van der Waals surface area contributed by atoms with Crippen molar-refractivity contribution in [1.29, 1.82) is 0 Å². The molecule has 0 aliphatic rings. The van der Waals surface area contributed by atoms with Crippen LogP contribution in [-0.4, -0.2) is 29.1 Å². The van der Waals surface area contributed by atoms with Gasteiger partial charge in [-0.25, -0.2) is 8.42 Å². The smallest absolute Gasteiger partial charge is 0.266 e. The van der Waals surface area contributed by atoms with Crippen LogP contribution in [0.15, 0.2) is 64.9 Å². The number of benzene rings is 2. The Kier molecular flexibility index (Phi) is 6.12. The van der Waals surface area contributed by atoms with Crippen molar-refractivity contribution < 1.29 is 13.2 Å². The van der Waals surface area contributed by atoms with Gasteiger partial charge in [0.1, 0.15) is 6.33 Å². The maximum atomic E-state index is 12.2. The van der Waals surface area contributed by atoms with Gasteiger partial charge in [0.05, 0.1) is 4.90 Å². The number of thioether (sulfide) groups is 1. The molecule has 0 aliphatic heterocycles. The quantitative estimate of drug-likeness (QED) is 0.450. The van der Waals surface area contributed by atoms with Crippen LogP contribution in [0.2, 0.25) is 0 Å². The van der Waals surface area contributed by atoms with Gasteiger partial charge in [-0.05, 0) is 36.8 Å². The molecule has 3 rings (SSSR count). The summed E-state index contributed by atoms with van der Waals surface area (Å²) in [7, 11) is -1.96. The molecule has 0 bridgehead atoms. The first-order chi connectivity index (χ1) is 13.3. The zero-order chi connectivity index (χ0) is 20.1. The number of aryl methyl sites for hydroxylation is 2. The van der Waals surface area contributed by atoms with Gasteiger partial charge in [-0.1, -0.05) is 41.6 Å². The molecule has 0 fully saturated rings. The van der Waals surface area contributed by atoms with Gasteiger partial charge in [0, 0.05) is 18.4 Å². The van der Waals surface area contributed by atoms with E-state index in [9.17, 15) is 13.2 Å². The minimum atomic E-state index is -3.83. The van der Waals surface area contributed by atoms with Gasteiger partial charge in [-0.2, -0.15) is 0 Å². The molecule has 1 heterocycles. The molecule has 28 heavy (non-hydrogen) atoms. The highest BCUT2D eigenvalue weighted by atomic mass is 32.2. The van der Waals surface area contributed by atoms with Crippen molar-refractivity contribution in [2.75, 3.05) is 0 Å². The molecule has 8 nitrogen and oxygen atoms in total. The topological polar surface area (TPSA) is 106 Å². The highest BCUT2D eigenvalue weighted by Crippen LogP contribution is 2.20. The largest absolute Gasteiger partial charge is 0.312 e. The molecule has 0 aliphatic carbocycles. The lowest BCUT2D eigenvalue weighted by Crippen LogP contribution is -2.41. The van der Waals surface area contributed by atoms with Crippen LogP contribution >= 0.6 is 11.8 Å². The van der Waals surface area contributed by atoms with E-state index in [4.69, 9.17) is 0 Å². The molecule has 2 aromatic carbocycles. The maximum absolute atomic E-state index is 12.2. The summed E-state index contributed by atoms with van der Waals surface area (Å²) in [6, 6.07) is 13.2. The zero-order valence-corrected chi connectivity index (χ0v) is 16.9. The molecule has 0 atom stereocenters. The van der Waals surface area contributed by atoms with E-state index in [1.54, 1.807) is 30.6 Å². The SMILES string of the molecule is Cc1ccc(S(=O)(=O)NNC(=O)c2ccc(CSc3nncn3C)cc2)cc1. The Hall–Kier alpha value is -2.69. The van der Waals surface area contributed by atoms with Gasteiger partial charge in [0.2, 0.25) is 0 Å². The fraction of sp³-hybridized carbons (Fsp3) is 0.167. The van der Waals surface area contributed by atoms with E-state index in [0.29, 0.717) is 11.3 Å². The van der Waals surface area contributed by atoms with Gasteiger partial charge in [-0.3, -0.25) is 10.2 Å². The van der Waals surface area contributed by atoms with Crippen molar-refractivity contribution in [2.24, 2.45) is 7.05 Å². The standard InChI is InChI=1S/C18H19N5O3S2/c1-13-3-9-16(10-4-13)28(25,26)22-20-17(24)15-7-5-14(6-8-15)11-27-18-21-19-12-23(18)2/h3-10,12,22H,11H2,1-2H3,(H,20,24). The number of hydrazine groups is 1. The Morgan fingerprint density at radius 3 is 2.39 bits per heavy atom. The van der Waals surface area contributed by atoms with Crippen LogP contribution in [0.4, 0.5) is 0 Å². The molecule has 10 heteroatoms. The minimum absolute atomic E-state index is 0.0783. The Balaban J connectivity index is 1.57. The second kappa shape index (κ2) is 8.55. The van der Waals surface area contributed by atoms with Gasteiger partial charge < -0.3 is 4.57 Å². The molecule has 0 saturated carbocycles. The molecular formula is C18H19N5O3S2. The van der Waals surface area contributed by atoms with Gasteiger partial charge in [0.25, 0.3) is 15.9 Å². The summed E-state index contributed by atoms with van der Waals surface area (Å²) in [6.45, 7) is 1.86. The molecule has 1 amide bonds. The molecular weight excluding hydrogens is 398 g/mol. The van der Waals surface area contributed by atoms with Crippen LogP contribution in [0.25, 0.3) is 0 Å². The number of nitrogens with one attached hydrogen (secondary N) is 2. The highest BCUT2D eigenvalue weighted by molar-refractivity contribution is 7.98. The van der Waals surface area contributed by atoms with Crippen LogP contribution < -0.4 is 10.3 Å². The number of nitrogens with zero attached hydrogens (tertiary/aromatic N) is 3.